The van der Waals surface area contributed by atoms with E-state index in [0.717, 1.165) is 0 Å². The first-order valence-electron chi connectivity index (χ1n) is 4.51. The molecule has 2 aromatic rings. The van der Waals surface area contributed by atoms with Gasteiger partial charge in [-0.25, -0.2) is 9.36 Å². The average Bonchev–Trinajstić information content (AvgIpc) is 2.24. The predicted molar refractivity (Wildman–Crippen MR) is 53.4 cm³/mol. The lowest BCUT2D eigenvalue weighted by Gasteiger charge is -1.94. The van der Waals surface area contributed by atoms with E-state index in [-0.39, 0.29) is 5.56 Å². The molecule has 0 aliphatic heterocycles. The first-order chi connectivity index (χ1) is 7.25. The number of rotatable bonds is 2. The van der Waals surface area contributed by atoms with Crippen LogP contribution in [-0.4, -0.2) is 9.97 Å². The second-order valence-electron chi connectivity index (χ2n) is 3.14. The van der Waals surface area contributed by atoms with Crippen molar-refractivity contribution in [2.24, 2.45) is 0 Å². The third kappa shape index (κ3) is 2.19. The first kappa shape index (κ1) is 9.39. The molecule has 2 heterocycles. The summed E-state index contributed by atoms with van der Waals surface area (Å²) in [5.41, 5.74) is -0.317. The number of hydrogen-bond donors (Lipinski definition) is 2. The standard InChI is InChI=1S/C10H9N3O2/c14-9-8(6-11-10(15)12-9)7-13-4-2-1-3-5-13/h1-6H,7H2,(H-,11,12,14,15)/p+1. The lowest BCUT2D eigenvalue weighted by molar-refractivity contribution is -0.688. The molecule has 2 aromatic heterocycles. The zero-order valence-corrected chi connectivity index (χ0v) is 7.93. The van der Waals surface area contributed by atoms with Crippen LogP contribution in [0.15, 0.2) is 46.4 Å². The van der Waals surface area contributed by atoms with Gasteiger partial charge in [-0.3, -0.25) is 9.78 Å². The van der Waals surface area contributed by atoms with Gasteiger partial charge in [-0.15, -0.1) is 0 Å². The van der Waals surface area contributed by atoms with E-state index in [2.05, 4.69) is 9.97 Å². The van der Waals surface area contributed by atoms with Crippen molar-refractivity contribution in [3.05, 3.63) is 63.2 Å². The van der Waals surface area contributed by atoms with Crippen molar-refractivity contribution in [2.45, 2.75) is 6.54 Å². The smallest absolute Gasteiger partial charge is 0.314 e. The van der Waals surface area contributed by atoms with E-state index in [4.69, 9.17) is 0 Å². The highest BCUT2D eigenvalue weighted by molar-refractivity contribution is 5.01. The van der Waals surface area contributed by atoms with E-state index in [0.29, 0.717) is 12.1 Å². The number of H-pyrrole nitrogens is 2. The van der Waals surface area contributed by atoms with E-state index in [1.165, 1.54) is 6.20 Å². The molecule has 15 heavy (non-hydrogen) atoms. The first-order valence-corrected chi connectivity index (χ1v) is 4.51. The van der Waals surface area contributed by atoms with Crippen molar-refractivity contribution in [1.82, 2.24) is 9.97 Å². The van der Waals surface area contributed by atoms with Gasteiger partial charge in [-0.1, -0.05) is 6.07 Å². The third-order valence-electron chi connectivity index (χ3n) is 2.03. The fourth-order valence-corrected chi connectivity index (χ4v) is 1.29. The van der Waals surface area contributed by atoms with Crippen LogP contribution in [0.3, 0.4) is 0 Å². The molecule has 0 fully saturated rings. The highest BCUT2D eigenvalue weighted by atomic mass is 16.2. The minimum Gasteiger partial charge on any atom is -0.314 e. The van der Waals surface area contributed by atoms with E-state index >= 15 is 0 Å². The second-order valence-corrected chi connectivity index (χ2v) is 3.14. The molecule has 0 unspecified atom stereocenters. The monoisotopic (exact) mass is 204 g/mol. The molecule has 76 valence electrons. The van der Waals surface area contributed by atoms with Gasteiger partial charge in [-0.05, 0) is 0 Å². The Morgan fingerprint density at radius 1 is 1.13 bits per heavy atom. The third-order valence-corrected chi connectivity index (χ3v) is 2.03. The molecule has 5 nitrogen and oxygen atoms in total. The molecule has 2 rings (SSSR count). The van der Waals surface area contributed by atoms with Gasteiger partial charge in [0.1, 0.15) is 0 Å². The normalized spacial score (nSPS) is 10.1. The summed E-state index contributed by atoms with van der Waals surface area (Å²) in [6, 6.07) is 5.65. The van der Waals surface area contributed by atoms with Crippen LogP contribution in [0.4, 0.5) is 0 Å². The SMILES string of the molecule is O=c1[nH]cc(C[n+]2ccccc2)c(=O)[nH]1. The number of nitrogens with zero attached hydrogens (tertiary/aromatic N) is 1. The fourth-order valence-electron chi connectivity index (χ4n) is 1.29. The zero-order valence-electron chi connectivity index (χ0n) is 7.93. The Bertz CT molecular complexity index is 557. The molecule has 0 aliphatic carbocycles. The van der Waals surface area contributed by atoms with Crippen LogP contribution >= 0.6 is 0 Å². The topological polar surface area (TPSA) is 69.6 Å². The number of nitrogens with one attached hydrogen (secondary N) is 2. The molecule has 0 saturated carbocycles. The van der Waals surface area contributed by atoms with E-state index in [9.17, 15) is 9.59 Å². The summed E-state index contributed by atoms with van der Waals surface area (Å²) in [4.78, 5) is 26.7. The van der Waals surface area contributed by atoms with Crippen LogP contribution in [0, 0.1) is 0 Å². The molecule has 0 spiro atoms. The van der Waals surface area contributed by atoms with Crippen LogP contribution in [0.1, 0.15) is 5.56 Å². The Hall–Kier alpha value is -2.17. The lowest BCUT2D eigenvalue weighted by Crippen LogP contribution is -2.37. The van der Waals surface area contributed by atoms with Crippen LogP contribution in [-0.2, 0) is 6.54 Å². The number of aromatic amines is 2. The van der Waals surface area contributed by atoms with Crippen molar-refractivity contribution in [3.8, 4) is 0 Å². The molecule has 0 radical (unpaired) electrons. The van der Waals surface area contributed by atoms with Crippen molar-refractivity contribution < 1.29 is 4.57 Å². The minimum atomic E-state index is -0.484. The maximum absolute atomic E-state index is 11.4. The van der Waals surface area contributed by atoms with E-state index in [1.807, 2.05) is 35.2 Å². The highest BCUT2D eigenvalue weighted by Gasteiger charge is 2.05. The van der Waals surface area contributed by atoms with Gasteiger partial charge >= 0.3 is 5.69 Å². The van der Waals surface area contributed by atoms with Crippen molar-refractivity contribution in [1.29, 1.82) is 0 Å². The largest absolute Gasteiger partial charge is 0.325 e. The summed E-state index contributed by atoms with van der Waals surface area (Å²) in [7, 11) is 0. The molecule has 0 saturated heterocycles. The Morgan fingerprint density at radius 2 is 1.87 bits per heavy atom. The lowest BCUT2D eigenvalue weighted by atomic mass is 10.3. The zero-order chi connectivity index (χ0) is 10.7. The Balaban J connectivity index is 2.33. The number of aromatic nitrogens is 3. The molecular weight excluding hydrogens is 194 g/mol. The molecule has 0 aromatic carbocycles. The number of hydrogen-bond acceptors (Lipinski definition) is 2. The van der Waals surface area contributed by atoms with Crippen LogP contribution < -0.4 is 15.8 Å². The summed E-state index contributed by atoms with van der Waals surface area (Å²) in [5, 5.41) is 0. The molecule has 5 heteroatoms. The second kappa shape index (κ2) is 3.91. The number of pyridine rings is 1. The Labute approximate surface area is 85.0 Å². The van der Waals surface area contributed by atoms with Gasteiger partial charge in [0.05, 0.1) is 5.56 Å². The summed E-state index contributed by atoms with van der Waals surface area (Å²) in [6.07, 6.45) is 5.14. The van der Waals surface area contributed by atoms with Gasteiger partial charge in [0, 0.05) is 18.3 Å². The molecule has 0 bridgehead atoms. The van der Waals surface area contributed by atoms with Crippen molar-refractivity contribution >= 4 is 0 Å². The van der Waals surface area contributed by atoms with Gasteiger partial charge in [0.25, 0.3) is 5.56 Å². The van der Waals surface area contributed by atoms with Gasteiger partial charge in [0.15, 0.2) is 18.9 Å². The Morgan fingerprint density at radius 3 is 2.53 bits per heavy atom. The molecule has 0 atom stereocenters. The summed E-state index contributed by atoms with van der Waals surface area (Å²) in [5.74, 6) is 0. The quantitative estimate of drug-likeness (QED) is 0.641. The highest BCUT2D eigenvalue weighted by Crippen LogP contribution is 1.84. The summed E-state index contributed by atoms with van der Waals surface area (Å²) >= 11 is 0. The average molecular weight is 204 g/mol. The van der Waals surface area contributed by atoms with Crippen LogP contribution in [0.2, 0.25) is 0 Å². The molecule has 0 aliphatic rings. The van der Waals surface area contributed by atoms with Gasteiger partial charge < -0.3 is 4.98 Å². The Kier molecular flexibility index (Phi) is 2.45. The molecule has 0 amide bonds. The van der Waals surface area contributed by atoms with Gasteiger partial charge in [0.2, 0.25) is 0 Å². The maximum Gasteiger partial charge on any atom is 0.325 e. The minimum absolute atomic E-state index is 0.352. The van der Waals surface area contributed by atoms with Crippen molar-refractivity contribution in [3.63, 3.8) is 0 Å². The summed E-state index contributed by atoms with van der Waals surface area (Å²) < 4.78 is 1.85. The molecule has 2 N–H and O–H groups in total. The van der Waals surface area contributed by atoms with E-state index in [1.54, 1.807) is 0 Å². The van der Waals surface area contributed by atoms with Crippen LogP contribution in [0.5, 0.6) is 0 Å². The predicted octanol–water partition coefficient (Wildman–Crippen LogP) is -0.601. The summed E-state index contributed by atoms with van der Waals surface area (Å²) in [6.45, 7) is 0.437. The van der Waals surface area contributed by atoms with Crippen molar-refractivity contribution in [2.75, 3.05) is 0 Å². The fraction of sp³-hybridized carbons (Fsp3) is 0.100. The molecular formula is C10H10N3O2+. The van der Waals surface area contributed by atoms with Gasteiger partial charge in [-0.2, -0.15) is 0 Å². The van der Waals surface area contributed by atoms with E-state index < -0.39 is 5.69 Å². The maximum atomic E-state index is 11.4. The van der Waals surface area contributed by atoms with Crippen LogP contribution in [0.25, 0.3) is 0 Å².